The van der Waals surface area contributed by atoms with E-state index in [4.69, 9.17) is 0 Å². The van der Waals surface area contributed by atoms with E-state index in [-0.39, 0.29) is 0 Å². The van der Waals surface area contributed by atoms with Crippen molar-refractivity contribution in [2.45, 2.75) is 52.0 Å². The smallest absolute Gasteiger partial charge is 0.126 e. The van der Waals surface area contributed by atoms with Crippen LogP contribution in [0.15, 0.2) is 12.4 Å². The Morgan fingerprint density at radius 2 is 2.18 bits per heavy atom. The molecule has 0 saturated heterocycles. The van der Waals surface area contributed by atoms with E-state index in [0.717, 1.165) is 25.3 Å². The summed E-state index contributed by atoms with van der Waals surface area (Å²) >= 11 is 1.99. The van der Waals surface area contributed by atoms with Crippen molar-refractivity contribution in [1.29, 1.82) is 0 Å². The van der Waals surface area contributed by atoms with Gasteiger partial charge >= 0.3 is 0 Å². The van der Waals surface area contributed by atoms with Crippen molar-refractivity contribution in [3.63, 3.8) is 0 Å². The highest BCUT2D eigenvalue weighted by molar-refractivity contribution is 7.99. The van der Waals surface area contributed by atoms with Gasteiger partial charge in [0.25, 0.3) is 0 Å². The number of hydrogen-bond donors (Lipinski definition) is 1. The highest BCUT2D eigenvalue weighted by atomic mass is 32.2. The van der Waals surface area contributed by atoms with Gasteiger partial charge < -0.3 is 9.88 Å². The Balaban J connectivity index is 2.67. The number of hydrogen-bond acceptors (Lipinski definition) is 3. The maximum atomic E-state index is 4.51. The Labute approximate surface area is 109 Å². The molecule has 0 bridgehead atoms. The summed E-state index contributed by atoms with van der Waals surface area (Å²) in [5, 5.41) is 4.27. The molecular weight excluding hydrogens is 230 g/mol. The van der Waals surface area contributed by atoms with Gasteiger partial charge in [0.15, 0.2) is 0 Å². The van der Waals surface area contributed by atoms with Gasteiger partial charge in [-0.2, -0.15) is 11.8 Å². The number of imidazole rings is 1. The van der Waals surface area contributed by atoms with Crippen LogP contribution in [0.4, 0.5) is 0 Å². The van der Waals surface area contributed by atoms with Crippen LogP contribution in [0.2, 0.25) is 0 Å². The van der Waals surface area contributed by atoms with E-state index in [9.17, 15) is 0 Å². The minimum absolute atomic E-state index is 0.372. The summed E-state index contributed by atoms with van der Waals surface area (Å²) in [7, 11) is 0. The molecule has 1 unspecified atom stereocenters. The molecule has 4 heteroatoms. The van der Waals surface area contributed by atoms with Gasteiger partial charge in [0.05, 0.1) is 6.04 Å². The fourth-order valence-electron chi connectivity index (χ4n) is 1.73. The molecule has 0 aliphatic heterocycles. The van der Waals surface area contributed by atoms with E-state index < -0.39 is 0 Å². The molecule has 1 aromatic rings. The average Bonchev–Trinajstić information content (AvgIpc) is 2.77. The molecule has 0 fully saturated rings. The van der Waals surface area contributed by atoms with E-state index in [1.807, 2.05) is 18.0 Å². The molecule has 0 saturated carbocycles. The van der Waals surface area contributed by atoms with Crippen LogP contribution in [0.5, 0.6) is 0 Å². The zero-order valence-corrected chi connectivity index (χ0v) is 12.3. The van der Waals surface area contributed by atoms with Gasteiger partial charge in [-0.25, -0.2) is 4.98 Å². The average molecular weight is 255 g/mol. The van der Waals surface area contributed by atoms with Gasteiger partial charge in [-0.15, -0.1) is 0 Å². The van der Waals surface area contributed by atoms with E-state index in [1.54, 1.807) is 0 Å². The van der Waals surface area contributed by atoms with Crippen molar-refractivity contribution in [3.8, 4) is 0 Å². The third-order valence-corrected chi connectivity index (χ3v) is 3.83. The van der Waals surface area contributed by atoms with Crippen molar-refractivity contribution >= 4 is 11.8 Å². The molecule has 98 valence electrons. The van der Waals surface area contributed by atoms with Gasteiger partial charge in [-0.05, 0) is 25.1 Å². The number of nitrogens with zero attached hydrogens (tertiary/aromatic N) is 2. The molecular formula is C13H25N3S. The molecule has 0 aliphatic carbocycles. The van der Waals surface area contributed by atoms with Gasteiger partial charge in [0, 0.05) is 24.7 Å². The number of thioether (sulfide) groups is 1. The molecule has 0 amide bonds. The van der Waals surface area contributed by atoms with Crippen molar-refractivity contribution in [2.24, 2.45) is 0 Å². The molecule has 1 aromatic heterocycles. The summed E-state index contributed by atoms with van der Waals surface area (Å²) < 4.78 is 2.23. The molecule has 3 nitrogen and oxygen atoms in total. The zero-order chi connectivity index (χ0) is 12.7. The topological polar surface area (TPSA) is 29.9 Å². The summed E-state index contributed by atoms with van der Waals surface area (Å²) in [4.78, 5) is 4.51. The monoisotopic (exact) mass is 255 g/mol. The van der Waals surface area contributed by atoms with Crippen LogP contribution in [0.3, 0.4) is 0 Å². The SMILES string of the molecule is CCCNC(CSC(C)C)c1nccn1CC. The molecule has 1 heterocycles. The molecule has 0 radical (unpaired) electrons. The lowest BCUT2D eigenvalue weighted by Gasteiger charge is -2.19. The zero-order valence-electron chi connectivity index (χ0n) is 11.4. The summed E-state index contributed by atoms with van der Waals surface area (Å²) in [6.45, 7) is 10.9. The highest BCUT2D eigenvalue weighted by Gasteiger charge is 2.16. The summed E-state index contributed by atoms with van der Waals surface area (Å²) in [6.07, 6.45) is 5.13. The highest BCUT2D eigenvalue weighted by Crippen LogP contribution is 2.20. The maximum Gasteiger partial charge on any atom is 0.126 e. The molecule has 0 aromatic carbocycles. The number of nitrogens with one attached hydrogen (secondary N) is 1. The van der Waals surface area contributed by atoms with Crippen molar-refractivity contribution in [1.82, 2.24) is 14.9 Å². The van der Waals surface area contributed by atoms with Crippen molar-refractivity contribution in [3.05, 3.63) is 18.2 Å². The minimum Gasteiger partial charge on any atom is -0.334 e. The lowest BCUT2D eigenvalue weighted by atomic mass is 10.3. The first-order chi connectivity index (χ1) is 8.19. The second kappa shape index (κ2) is 7.77. The van der Waals surface area contributed by atoms with Gasteiger partial charge in [0.2, 0.25) is 0 Å². The third-order valence-electron chi connectivity index (χ3n) is 2.64. The summed E-state index contributed by atoms with van der Waals surface area (Å²) in [6, 6.07) is 0.372. The third kappa shape index (κ3) is 4.72. The van der Waals surface area contributed by atoms with Crippen LogP contribution in [-0.4, -0.2) is 27.1 Å². The van der Waals surface area contributed by atoms with Crippen molar-refractivity contribution < 1.29 is 0 Å². The predicted molar refractivity (Wildman–Crippen MR) is 76.5 cm³/mol. The van der Waals surface area contributed by atoms with Crippen LogP contribution in [0.25, 0.3) is 0 Å². The Kier molecular flexibility index (Phi) is 6.66. The Bertz CT molecular complexity index is 309. The normalized spacial score (nSPS) is 13.2. The number of rotatable bonds is 8. The molecule has 1 atom stereocenters. The van der Waals surface area contributed by atoms with E-state index in [1.165, 1.54) is 5.82 Å². The van der Waals surface area contributed by atoms with Gasteiger partial charge in [0.1, 0.15) is 5.82 Å². The Morgan fingerprint density at radius 3 is 2.76 bits per heavy atom. The second-order valence-electron chi connectivity index (χ2n) is 4.46. The Hall–Kier alpha value is -0.480. The first-order valence-electron chi connectivity index (χ1n) is 6.55. The first-order valence-corrected chi connectivity index (χ1v) is 7.59. The van der Waals surface area contributed by atoms with E-state index in [0.29, 0.717) is 11.3 Å². The van der Waals surface area contributed by atoms with Crippen LogP contribution >= 0.6 is 11.8 Å². The minimum atomic E-state index is 0.372. The molecule has 0 aliphatic rings. The standard InChI is InChI=1S/C13H25N3S/c1-5-7-14-12(10-17-11(3)4)13-15-8-9-16(13)6-2/h8-9,11-12,14H,5-7,10H2,1-4H3. The molecule has 17 heavy (non-hydrogen) atoms. The predicted octanol–water partition coefficient (Wildman–Crippen LogP) is 3.09. The number of aromatic nitrogens is 2. The van der Waals surface area contributed by atoms with E-state index in [2.05, 4.69) is 48.8 Å². The molecule has 1 N–H and O–H groups in total. The quantitative estimate of drug-likeness (QED) is 0.774. The van der Waals surface area contributed by atoms with Crippen molar-refractivity contribution in [2.75, 3.05) is 12.3 Å². The molecule has 0 spiro atoms. The molecule has 1 rings (SSSR count). The number of aryl methyl sites for hydroxylation is 1. The lowest BCUT2D eigenvalue weighted by molar-refractivity contribution is 0.522. The van der Waals surface area contributed by atoms with Crippen LogP contribution in [0, 0.1) is 0 Å². The van der Waals surface area contributed by atoms with Crippen LogP contribution in [-0.2, 0) is 6.54 Å². The summed E-state index contributed by atoms with van der Waals surface area (Å²) in [5.41, 5.74) is 0. The van der Waals surface area contributed by atoms with Crippen LogP contribution < -0.4 is 5.32 Å². The van der Waals surface area contributed by atoms with E-state index >= 15 is 0 Å². The fourth-order valence-corrected chi connectivity index (χ4v) is 2.57. The van der Waals surface area contributed by atoms with Crippen LogP contribution in [0.1, 0.15) is 46.0 Å². The Morgan fingerprint density at radius 1 is 1.41 bits per heavy atom. The van der Waals surface area contributed by atoms with Gasteiger partial charge in [-0.3, -0.25) is 0 Å². The lowest BCUT2D eigenvalue weighted by Crippen LogP contribution is -2.27. The maximum absolute atomic E-state index is 4.51. The fraction of sp³-hybridized carbons (Fsp3) is 0.769. The van der Waals surface area contributed by atoms with Gasteiger partial charge in [-0.1, -0.05) is 20.8 Å². The summed E-state index contributed by atoms with van der Waals surface area (Å²) in [5.74, 6) is 2.27. The largest absolute Gasteiger partial charge is 0.334 e. The first kappa shape index (κ1) is 14.6. The second-order valence-corrected chi connectivity index (χ2v) is 6.07.